The zero-order valence-electron chi connectivity index (χ0n) is 15.0. The number of ether oxygens (including phenoxy) is 2. The summed E-state index contributed by atoms with van der Waals surface area (Å²) in [4.78, 5) is 12.4. The molecule has 0 aliphatic carbocycles. The molecule has 152 valence electrons. The maximum absolute atomic E-state index is 12.4. The second kappa shape index (κ2) is 9.11. The van der Waals surface area contributed by atoms with Crippen molar-refractivity contribution in [3.8, 4) is 11.5 Å². The van der Waals surface area contributed by atoms with E-state index in [-0.39, 0.29) is 18.2 Å². The fourth-order valence-corrected chi connectivity index (χ4v) is 2.88. The fraction of sp³-hybridized carbons (Fsp3) is 0.158. The van der Waals surface area contributed by atoms with Crippen LogP contribution in [0.15, 0.2) is 48.7 Å². The van der Waals surface area contributed by atoms with Gasteiger partial charge in [0, 0.05) is 16.9 Å². The molecule has 0 aliphatic heterocycles. The molecule has 0 unspecified atom stereocenters. The van der Waals surface area contributed by atoms with E-state index in [0.717, 1.165) is 0 Å². The zero-order chi connectivity index (χ0) is 21.0. The Bertz CT molecular complexity index is 1030. The van der Waals surface area contributed by atoms with E-state index in [1.54, 1.807) is 31.3 Å². The third-order valence-corrected chi connectivity index (χ3v) is 4.32. The van der Waals surface area contributed by atoms with Crippen molar-refractivity contribution in [2.45, 2.75) is 20.3 Å². The third kappa shape index (κ3) is 5.58. The van der Waals surface area contributed by atoms with Gasteiger partial charge < -0.3 is 14.8 Å². The van der Waals surface area contributed by atoms with Crippen LogP contribution >= 0.6 is 23.2 Å². The molecule has 3 rings (SSSR count). The summed E-state index contributed by atoms with van der Waals surface area (Å²) in [6, 6.07) is 10.6. The standard InChI is InChI=1S/C19H15Cl2F2N3O3/c1-11-8-13(29-19(22)23)3-4-15(11)24-18(27)16-6-7-26(25-16)10-28-17-5-2-12(20)9-14(17)21/h2-9,19H,10H2,1H3,(H,24,27). The highest BCUT2D eigenvalue weighted by Crippen LogP contribution is 2.27. The lowest BCUT2D eigenvalue weighted by molar-refractivity contribution is -0.0498. The van der Waals surface area contributed by atoms with Gasteiger partial charge in [0.1, 0.15) is 11.5 Å². The van der Waals surface area contributed by atoms with Crippen LogP contribution in [0.25, 0.3) is 0 Å². The summed E-state index contributed by atoms with van der Waals surface area (Å²) >= 11 is 11.9. The molecular weight excluding hydrogens is 427 g/mol. The van der Waals surface area contributed by atoms with Crippen LogP contribution in [0, 0.1) is 6.92 Å². The molecule has 1 heterocycles. The van der Waals surface area contributed by atoms with Gasteiger partial charge in [-0.15, -0.1) is 0 Å². The van der Waals surface area contributed by atoms with E-state index >= 15 is 0 Å². The van der Waals surface area contributed by atoms with Gasteiger partial charge >= 0.3 is 6.61 Å². The Morgan fingerprint density at radius 2 is 2.00 bits per heavy atom. The van der Waals surface area contributed by atoms with Crippen LogP contribution in [0.3, 0.4) is 0 Å². The first-order valence-electron chi connectivity index (χ1n) is 8.30. The number of nitrogens with zero attached hydrogens (tertiary/aromatic N) is 2. The Hall–Kier alpha value is -2.84. The molecule has 1 N–H and O–H groups in total. The highest BCUT2D eigenvalue weighted by atomic mass is 35.5. The molecule has 10 heteroatoms. The van der Waals surface area contributed by atoms with E-state index in [1.807, 2.05) is 0 Å². The maximum atomic E-state index is 12.4. The van der Waals surface area contributed by atoms with E-state index in [9.17, 15) is 13.6 Å². The maximum Gasteiger partial charge on any atom is 0.387 e. The molecular formula is C19H15Cl2F2N3O3. The van der Waals surface area contributed by atoms with Crippen molar-refractivity contribution >= 4 is 34.8 Å². The SMILES string of the molecule is Cc1cc(OC(F)F)ccc1NC(=O)c1ccn(COc2ccc(Cl)cc2Cl)n1. The van der Waals surface area contributed by atoms with Gasteiger partial charge in [0.2, 0.25) is 0 Å². The number of benzene rings is 2. The summed E-state index contributed by atoms with van der Waals surface area (Å²) < 4.78 is 35.9. The van der Waals surface area contributed by atoms with Crippen molar-refractivity contribution in [1.82, 2.24) is 9.78 Å². The highest BCUT2D eigenvalue weighted by molar-refractivity contribution is 6.35. The summed E-state index contributed by atoms with van der Waals surface area (Å²) in [5.74, 6) is -0.0176. The van der Waals surface area contributed by atoms with Crippen molar-refractivity contribution in [1.29, 1.82) is 0 Å². The normalized spacial score (nSPS) is 10.8. The van der Waals surface area contributed by atoms with Gasteiger partial charge in [0.15, 0.2) is 12.4 Å². The topological polar surface area (TPSA) is 65.4 Å². The molecule has 3 aromatic rings. The number of aromatic nitrogens is 2. The fourth-order valence-electron chi connectivity index (χ4n) is 2.42. The van der Waals surface area contributed by atoms with Gasteiger partial charge in [-0.05, 0) is 55.0 Å². The van der Waals surface area contributed by atoms with Gasteiger partial charge in [-0.1, -0.05) is 23.2 Å². The number of carbonyl (C=O) groups is 1. The molecule has 6 nitrogen and oxygen atoms in total. The van der Waals surface area contributed by atoms with Crippen molar-refractivity contribution < 1.29 is 23.0 Å². The van der Waals surface area contributed by atoms with Crippen LogP contribution in [0.4, 0.5) is 14.5 Å². The molecule has 0 atom stereocenters. The van der Waals surface area contributed by atoms with Gasteiger partial charge in [0.05, 0.1) is 5.02 Å². The zero-order valence-corrected chi connectivity index (χ0v) is 16.5. The van der Waals surface area contributed by atoms with Crippen LogP contribution in [0.5, 0.6) is 11.5 Å². The number of halogens is 4. The van der Waals surface area contributed by atoms with Crippen molar-refractivity contribution in [3.05, 3.63) is 70.0 Å². The Morgan fingerprint density at radius 3 is 2.69 bits per heavy atom. The van der Waals surface area contributed by atoms with Crippen LogP contribution < -0.4 is 14.8 Å². The Kier molecular flexibility index (Phi) is 6.56. The summed E-state index contributed by atoms with van der Waals surface area (Å²) in [6.45, 7) is -1.22. The van der Waals surface area contributed by atoms with Crippen LogP contribution in [-0.2, 0) is 6.73 Å². The number of aryl methyl sites for hydroxylation is 1. The molecule has 0 saturated heterocycles. The van der Waals surface area contributed by atoms with Gasteiger partial charge in [-0.3, -0.25) is 4.79 Å². The molecule has 0 fully saturated rings. The summed E-state index contributed by atoms with van der Waals surface area (Å²) in [7, 11) is 0. The van der Waals surface area contributed by atoms with Crippen LogP contribution in [-0.4, -0.2) is 22.3 Å². The van der Waals surface area contributed by atoms with E-state index in [1.165, 1.54) is 28.9 Å². The number of nitrogens with one attached hydrogen (secondary N) is 1. The minimum atomic E-state index is -2.91. The number of carbonyl (C=O) groups excluding carboxylic acids is 1. The third-order valence-electron chi connectivity index (χ3n) is 3.79. The molecule has 0 bridgehead atoms. The Balaban J connectivity index is 1.62. The van der Waals surface area contributed by atoms with Crippen molar-refractivity contribution in [3.63, 3.8) is 0 Å². The van der Waals surface area contributed by atoms with E-state index in [4.69, 9.17) is 27.9 Å². The Morgan fingerprint density at radius 1 is 1.21 bits per heavy atom. The lowest BCUT2D eigenvalue weighted by atomic mass is 10.2. The van der Waals surface area contributed by atoms with E-state index in [0.29, 0.717) is 27.0 Å². The van der Waals surface area contributed by atoms with Crippen molar-refractivity contribution in [2.24, 2.45) is 0 Å². The number of rotatable bonds is 7. The number of hydrogen-bond acceptors (Lipinski definition) is 4. The molecule has 2 aromatic carbocycles. The lowest BCUT2D eigenvalue weighted by Crippen LogP contribution is -2.15. The highest BCUT2D eigenvalue weighted by Gasteiger charge is 2.13. The lowest BCUT2D eigenvalue weighted by Gasteiger charge is -2.10. The predicted molar refractivity (Wildman–Crippen MR) is 105 cm³/mol. The molecule has 0 saturated carbocycles. The largest absolute Gasteiger partial charge is 0.470 e. The van der Waals surface area contributed by atoms with Gasteiger partial charge in [-0.2, -0.15) is 13.9 Å². The molecule has 0 spiro atoms. The van der Waals surface area contributed by atoms with Crippen LogP contribution in [0.1, 0.15) is 16.1 Å². The summed E-state index contributed by atoms with van der Waals surface area (Å²) in [5.41, 5.74) is 1.18. The van der Waals surface area contributed by atoms with Gasteiger partial charge in [0.25, 0.3) is 5.91 Å². The molecule has 1 amide bonds. The molecule has 0 radical (unpaired) electrons. The molecule has 1 aromatic heterocycles. The Labute approximate surface area is 174 Å². The number of amides is 1. The second-order valence-corrected chi connectivity index (χ2v) is 6.74. The summed E-state index contributed by atoms with van der Waals surface area (Å²) in [5, 5.41) is 7.67. The average Bonchev–Trinajstić information content (AvgIpc) is 3.12. The van der Waals surface area contributed by atoms with Crippen LogP contribution in [0.2, 0.25) is 10.0 Å². The first-order valence-corrected chi connectivity index (χ1v) is 9.05. The summed E-state index contributed by atoms with van der Waals surface area (Å²) in [6.07, 6.45) is 1.57. The number of hydrogen-bond donors (Lipinski definition) is 1. The average molecular weight is 442 g/mol. The smallest absolute Gasteiger partial charge is 0.387 e. The van der Waals surface area contributed by atoms with E-state index < -0.39 is 12.5 Å². The first kappa shape index (κ1) is 20.9. The molecule has 29 heavy (non-hydrogen) atoms. The minimum Gasteiger partial charge on any atom is -0.470 e. The monoisotopic (exact) mass is 441 g/mol. The molecule has 0 aliphatic rings. The number of alkyl halides is 2. The predicted octanol–water partition coefficient (Wildman–Crippen LogP) is 5.39. The minimum absolute atomic E-state index is 0.0118. The number of anilines is 1. The van der Waals surface area contributed by atoms with E-state index in [2.05, 4.69) is 15.2 Å². The van der Waals surface area contributed by atoms with Gasteiger partial charge in [-0.25, -0.2) is 4.68 Å². The quantitative estimate of drug-likeness (QED) is 0.533. The first-order chi connectivity index (χ1) is 13.8. The van der Waals surface area contributed by atoms with Crippen molar-refractivity contribution in [2.75, 3.05) is 5.32 Å². The second-order valence-electron chi connectivity index (χ2n) is 5.90.